The predicted molar refractivity (Wildman–Crippen MR) is 83.8 cm³/mol. The van der Waals surface area contributed by atoms with Crippen molar-refractivity contribution in [3.63, 3.8) is 0 Å². The second-order valence-electron chi connectivity index (χ2n) is 5.64. The van der Waals surface area contributed by atoms with E-state index < -0.39 is 12.0 Å². The molecule has 3 aromatic rings. The monoisotopic (exact) mass is 335 g/mol. The molecule has 0 fully saturated rings. The second-order valence-corrected chi connectivity index (χ2v) is 5.64. The highest BCUT2D eigenvalue weighted by Gasteiger charge is 2.38. The molecule has 0 atom stereocenters. The van der Waals surface area contributed by atoms with Gasteiger partial charge in [0.15, 0.2) is 11.5 Å². The van der Waals surface area contributed by atoms with Gasteiger partial charge in [-0.05, 0) is 37.5 Å². The molecular formula is C16H16F3N5. The number of nitrogens with one attached hydrogen (secondary N) is 1. The fourth-order valence-corrected chi connectivity index (χ4v) is 2.46. The number of alkyl halides is 3. The smallest absolute Gasteiger partial charge is 0.364 e. The number of fused-ring (bicyclic) bond motifs is 1. The second kappa shape index (κ2) is 5.77. The van der Waals surface area contributed by atoms with Crippen LogP contribution < -0.4 is 5.32 Å². The minimum absolute atomic E-state index is 0.112. The molecular weight excluding hydrogens is 319 g/mol. The summed E-state index contributed by atoms with van der Waals surface area (Å²) in [6.45, 7) is 5.95. The van der Waals surface area contributed by atoms with E-state index in [0.29, 0.717) is 17.9 Å². The number of hydrogen-bond donors (Lipinski definition) is 1. The lowest BCUT2D eigenvalue weighted by Gasteiger charge is -2.13. The van der Waals surface area contributed by atoms with Gasteiger partial charge < -0.3 is 5.32 Å². The first kappa shape index (κ1) is 16.2. The number of anilines is 1. The van der Waals surface area contributed by atoms with Crippen LogP contribution >= 0.6 is 0 Å². The summed E-state index contributed by atoms with van der Waals surface area (Å²) >= 11 is 0. The quantitative estimate of drug-likeness (QED) is 0.793. The van der Waals surface area contributed by atoms with E-state index >= 15 is 0 Å². The van der Waals surface area contributed by atoms with Crippen LogP contribution in [0.1, 0.15) is 28.1 Å². The van der Waals surface area contributed by atoms with Crippen LogP contribution in [0, 0.1) is 20.8 Å². The van der Waals surface area contributed by atoms with E-state index in [1.54, 1.807) is 13.8 Å². The molecule has 0 unspecified atom stereocenters. The van der Waals surface area contributed by atoms with Crippen molar-refractivity contribution < 1.29 is 13.2 Å². The summed E-state index contributed by atoms with van der Waals surface area (Å²) in [5, 5.41) is 14.0. The number of hydrogen-bond acceptors (Lipinski definition) is 4. The molecule has 2 heterocycles. The Balaban J connectivity index is 2.02. The Labute approximate surface area is 136 Å². The molecule has 0 aliphatic carbocycles. The van der Waals surface area contributed by atoms with Crippen molar-refractivity contribution >= 4 is 11.5 Å². The Bertz CT molecular complexity index is 899. The van der Waals surface area contributed by atoms with Crippen molar-refractivity contribution in [2.45, 2.75) is 33.5 Å². The van der Waals surface area contributed by atoms with Crippen LogP contribution in [0.25, 0.3) is 5.65 Å². The first-order valence-corrected chi connectivity index (χ1v) is 7.37. The molecule has 1 N–H and O–H groups in total. The first-order chi connectivity index (χ1) is 11.3. The lowest BCUT2D eigenvalue weighted by molar-refractivity contribution is -0.146. The van der Waals surface area contributed by atoms with Gasteiger partial charge in [0.05, 0.1) is 0 Å². The van der Waals surface area contributed by atoms with Crippen LogP contribution in [0.4, 0.5) is 19.0 Å². The molecule has 126 valence electrons. The molecule has 3 rings (SSSR count). The van der Waals surface area contributed by atoms with Crippen molar-refractivity contribution in [2.75, 3.05) is 5.32 Å². The van der Waals surface area contributed by atoms with Crippen molar-refractivity contribution in [3.8, 4) is 0 Å². The molecule has 2 aromatic heterocycles. The molecule has 0 aliphatic heterocycles. The van der Waals surface area contributed by atoms with Gasteiger partial charge in [0.25, 0.3) is 5.82 Å². The Morgan fingerprint density at radius 3 is 2.42 bits per heavy atom. The first-order valence-electron chi connectivity index (χ1n) is 7.37. The predicted octanol–water partition coefficient (Wildman–Crippen LogP) is 3.68. The lowest BCUT2D eigenvalue weighted by Crippen LogP contribution is -2.15. The van der Waals surface area contributed by atoms with E-state index in [4.69, 9.17) is 0 Å². The molecule has 0 spiro atoms. The molecule has 5 nitrogen and oxygen atoms in total. The zero-order valence-corrected chi connectivity index (χ0v) is 13.4. The summed E-state index contributed by atoms with van der Waals surface area (Å²) in [7, 11) is 0. The van der Waals surface area contributed by atoms with Crippen molar-refractivity contribution in [2.24, 2.45) is 0 Å². The van der Waals surface area contributed by atoms with Gasteiger partial charge in [-0.25, -0.2) is 0 Å². The summed E-state index contributed by atoms with van der Waals surface area (Å²) < 4.78 is 39.9. The average Bonchev–Trinajstić information content (AvgIpc) is 2.95. The minimum atomic E-state index is -4.61. The highest BCUT2D eigenvalue weighted by Crippen LogP contribution is 2.29. The van der Waals surface area contributed by atoms with E-state index in [0.717, 1.165) is 21.2 Å². The molecule has 8 heteroatoms. The largest absolute Gasteiger partial charge is 0.453 e. The Morgan fingerprint density at radius 2 is 1.75 bits per heavy atom. The highest BCUT2D eigenvalue weighted by atomic mass is 19.4. The summed E-state index contributed by atoms with van der Waals surface area (Å²) in [6.07, 6.45) is -4.61. The van der Waals surface area contributed by atoms with Crippen LogP contribution in [-0.4, -0.2) is 19.8 Å². The highest BCUT2D eigenvalue weighted by molar-refractivity contribution is 5.58. The molecule has 0 aliphatic rings. The van der Waals surface area contributed by atoms with Crippen molar-refractivity contribution in [1.82, 2.24) is 19.8 Å². The van der Waals surface area contributed by atoms with Gasteiger partial charge in [-0.2, -0.15) is 17.7 Å². The molecule has 0 saturated carbocycles. The van der Waals surface area contributed by atoms with Gasteiger partial charge in [-0.15, -0.1) is 15.3 Å². The fourth-order valence-electron chi connectivity index (χ4n) is 2.46. The summed E-state index contributed by atoms with van der Waals surface area (Å²) in [5.74, 6) is -0.743. The number of halogens is 3. The Morgan fingerprint density at radius 1 is 1.04 bits per heavy atom. The average molecular weight is 335 g/mol. The SMILES string of the molecule is Cc1ccccc1CNc1nn2c(C(F)(F)F)nnc2c(C)c1C. The van der Waals surface area contributed by atoms with Gasteiger partial charge >= 0.3 is 6.18 Å². The van der Waals surface area contributed by atoms with E-state index in [-0.39, 0.29) is 5.65 Å². The third-order valence-corrected chi connectivity index (χ3v) is 4.05. The maximum atomic E-state index is 13.0. The molecule has 0 amide bonds. The van der Waals surface area contributed by atoms with Crippen molar-refractivity contribution in [1.29, 1.82) is 0 Å². The van der Waals surface area contributed by atoms with E-state index in [1.165, 1.54) is 0 Å². The van der Waals surface area contributed by atoms with Crippen LogP contribution in [0.5, 0.6) is 0 Å². The van der Waals surface area contributed by atoms with Crippen LogP contribution in [0.15, 0.2) is 24.3 Å². The number of benzene rings is 1. The molecule has 1 aromatic carbocycles. The number of aryl methyl sites for hydroxylation is 2. The van der Waals surface area contributed by atoms with Crippen LogP contribution in [0.3, 0.4) is 0 Å². The Kier molecular flexibility index (Phi) is 3.90. The van der Waals surface area contributed by atoms with E-state index in [1.807, 2.05) is 31.2 Å². The standard InChI is InChI=1S/C16H16F3N5/c1-9-6-4-5-7-12(9)8-20-13-10(2)11(3)14-21-22-15(16(17,18)19)24(14)23-13/h4-7H,8H2,1-3H3,(H,20,23). The summed E-state index contributed by atoms with van der Waals surface area (Å²) in [4.78, 5) is 0. The van der Waals surface area contributed by atoms with Gasteiger partial charge in [-0.3, -0.25) is 0 Å². The van der Waals surface area contributed by atoms with Gasteiger partial charge in [0, 0.05) is 12.1 Å². The zero-order valence-electron chi connectivity index (χ0n) is 13.4. The van der Waals surface area contributed by atoms with Crippen molar-refractivity contribution in [3.05, 3.63) is 52.3 Å². The number of nitrogens with zero attached hydrogens (tertiary/aromatic N) is 4. The van der Waals surface area contributed by atoms with Crippen LogP contribution in [0.2, 0.25) is 0 Å². The van der Waals surface area contributed by atoms with E-state index in [2.05, 4.69) is 20.6 Å². The molecule has 0 saturated heterocycles. The Hall–Kier alpha value is -2.64. The third-order valence-electron chi connectivity index (χ3n) is 4.05. The zero-order chi connectivity index (χ0) is 17.5. The minimum Gasteiger partial charge on any atom is -0.364 e. The maximum absolute atomic E-state index is 13.0. The van der Waals surface area contributed by atoms with Gasteiger partial charge in [0.1, 0.15) is 0 Å². The topological polar surface area (TPSA) is 55.1 Å². The van der Waals surface area contributed by atoms with E-state index in [9.17, 15) is 13.2 Å². The van der Waals surface area contributed by atoms with Crippen LogP contribution in [-0.2, 0) is 12.7 Å². The molecule has 24 heavy (non-hydrogen) atoms. The molecule has 0 bridgehead atoms. The fraction of sp³-hybridized carbons (Fsp3) is 0.312. The summed E-state index contributed by atoms with van der Waals surface area (Å²) in [6, 6.07) is 7.79. The normalized spacial score (nSPS) is 11.9. The lowest BCUT2D eigenvalue weighted by atomic mass is 10.1. The number of rotatable bonds is 3. The molecule has 0 radical (unpaired) electrons. The summed E-state index contributed by atoms with van der Waals surface area (Å²) in [5.41, 5.74) is 3.62. The maximum Gasteiger partial charge on any atom is 0.453 e. The third kappa shape index (κ3) is 2.79. The number of aromatic nitrogens is 4. The van der Waals surface area contributed by atoms with Gasteiger partial charge in [-0.1, -0.05) is 24.3 Å². The van der Waals surface area contributed by atoms with Gasteiger partial charge in [0.2, 0.25) is 0 Å².